The third kappa shape index (κ3) is 3.50. The Morgan fingerprint density at radius 3 is 2.77 bits per heavy atom. The van der Waals surface area contributed by atoms with E-state index in [1.807, 2.05) is 11.9 Å². The highest BCUT2D eigenvalue weighted by Gasteiger charge is 2.30. The standard InChI is InChI=1S/C18H26N2O2/c1-19(12-14-6-7-14)18(22)13-20(10-11-21)17-9-8-15-4-2-3-5-16(15)17/h2-5,14,17,21H,6-13H2,1H3. The highest BCUT2D eigenvalue weighted by molar-refractivity contribution is 5.78. The average molecular weight is 302 g/mol. The van der Waals surface area contributed by atoms with Crippen molar-refractivity contribution < 1.29 is 9.90 Å². The van der Waals surface area contributed by atoms with Gasteiger partial charge in [0.05, 0.1) is 13.2 Å². The summed E-state index contributed by atoms with van der Waals surface area (Å²) < 4.78 is 0. The lowest BCUT2D eigenvalue weighted by Gasteiger charge is -2.30. The molecular formula is C18H26N2O2. The van der Waals surface area contributed by atoms with Crippen molar-refractivity contribution in [3.05, 3.63) is 35.4 Å². The summed E-state index contributed by atoms with van der Waals surface area (Å²) in [6, 6.07) is 8.74. The van der Waals surface area contributed by atoms with Gasteiger partial charge in [0.15, 0.2) is 0 Å². The van der Waals surface area contributed by atoms with Crippen molar-refractivity contribution in [3.63, 3.8) is 0 Å². The smallest absolute Gasteiger partial charge is 0.236 e. The largest absolute Gasteiger partial charge is 0.395 e. The number of hydrogen-bond donors (Lipinski definition) is 1. The summed E-state index contributed by atoms with van der Waals surface area (Å²) in [4.78, 5) is 16.5. The van der Waals surface area contributed by atoms with Crippen LogP contribution < -0.4 is 0 Å². The maximum Gasteiger partial charge on any atom is 0.236 e. The summed E-state index contributed by atoms with van der Waals surface area (Å²) in [7, 11) is 1.90. The maximum absolute atomic E-state index is 12.5. The molecule has 22 heavy (non-hydrogen) atoms. The lowest BCUT2D eigenvalue weighted by Crippen LogP contribution is -2.41. The molecule has 0 saturated heterocycles. The fourth-order valence-electron chi connectivity index (χ4n) is 3.47. The molecule has 0 bridgehead atoms. The summed E-state index contributed by atoms with van der Waals surface area (Å²) in [5, 5.41) is 9.39. The van der Waals surface area contributed by atoms with Gasteiger partial charge in [-0.1, -0.05) is 24.3 Å². The number of carbonyl (C=O) groups excluding carboxylic acids is 1. The van der Waals surface area contributed by atoms with Crippen molar-refractivity contribution in [3.8, 4) is 0 Å². The molecule has 1 atom stereocenters. The zero-order chi connectivity index (χ0) is 15.5. The van der Waals surface area contributed by atoms with Gasteiger partial charge in [0, 0.05) is 26.2 Å². The molecule has 1 saturated carbocycles. The van der Waals surface area contributed by atoms with Gasteiger partial charge in [0.2, 0.25) is 5.91 Å². The minimum Gasteiger partial charge on any atom is -0.395 e. The van der Waals surface area contributed by atoms with E-state index in [9.17, 15) is 9.90 Å². The van der Waals surface area contributed by atoms with Gasteiger partial charge < -0.3 is 10.0 Å². The Kier molecular flexibility index (Phi) is 4.79. The summed E-state index contributed by atoms with van der Waals surface area (Å²) in [6.45, 7) is 1.94. The predicted octanol–water partition coefficient (Wildman–Crippen LogP) is 1.84. The Hall–Kier alpha value is -1.39. The number of nitrogens with zero attached hydrogens (tertiary/aromatic N) is 2. The van der Waals surface area contributed by atoms with Crippen LogP contribution in [0.1, 0.15) is 36.4 Å². The van der Waals surface area contributed by atoms with E-state index in [4.69, 9.17) is 0 Å². The van der Waals surface area contributed by atoms with Gasteiger partial charge in [-0.3, -0.25) is 9.69 Å². The van der Waals surface area contributed by atoms with Crippen LogP contribution in [0.4, 0.5) is 0 Å². The van der Waals surface area contributed by atoms with E-state index in [1.165, 1.54) is 24.0 Å². The van der Waals surface area contributed by atoms with Crippen LogP contribution in [0, 0.1) is 5.92 Å². The van der Waals surface area contributed by atoms with Crippen LogP contribution in [0.3, 0.4) is 0 Å². The number of likely N-dealkylation sites (N-methyl/N-ethyl adjacent to an activating group) is 1. The van der Waals surface area contributed by atoms with E-state index in [0.29, 0.717) is 19.0 Å². The molecule has 0 radical (unpaired) electrons. The van der Waals surface area contributed by atoms with E-state index in [2.05, 4.69) is 29.2 Å². The molecule has 2 aliphatic rings. The quantitative estimate of drug-likeness (QED) is 0.836. The van der Waals surface area contributed by atoms with Crippen molar-refractivity contribution in [2.45, 2.75) is 31.7 Å². The SMILES string of the molecule is CN(CC1CC1)C(=O)CN(CCO)C1CCc2ccccc21. The first-order valence-electron chi connectivity index (χ1n) is 8.35. The second kappa shape index (κ2) is 6.80. The van der Waals surface area contributed by atoms with Gasteiger partial charge in [-0.2, -0.15) is 0 Å². The molecule has 4 heteroatoms. The Labute approximate surface area is 132 Å². The number of hydrogen-bond acceptors (Lipinski definition) is 3. The van der Waals surface area contributed by atoms with Crippen molar-refractivity contribution in [2.24, 2.45) is 5.92 Å². The first-order valence-corrected chi connectivity index (χ1v) is 8.35. The number of aliphatic hydroxyl groups is 1. The fourth-order valence-corrected chi connectivity index (χ4v) is 3.47. The summed E-state index contributed by atoms with van der Waals surface area (Å²) in [5.74, 6) is 0.886. The second-order valence-corrected chi connectivity index (χ2v) is 6.67. The number of aryl methyl sites for hydroxylation is 1. The molecule has 1 aromatic carbocycles. The minimum atomic E-state index is 0.0955. The average Bonchev–Trinajstić information content (AvgIpc) is 3.23. The lowest BCUT2D eigenvalue weighted by atomic mass is 10.1. The zero-order valence-corrected chi connectivity index (χ0v) is 13.4. The molecule has 0 aromatic heterocycles. The van der Waals surface area contributed by atoms with Crippen molar-refractivity contribution in [1.29, 1.82) is 0 Å². The maximum atomic E-state index is 12.5. The molecule has 0 spiro atoms. The van der Waals surface area contributed by atoms with Crippen LogP contribution in [0.5, 0.6) is 0 Å². The van der Waals surface area contributed by atoms with E-state index in [1.54, 1.807) is 0 Å². The molecule has 1 aromatic rings. The third-order valence-electron chi connectivity index (χ3n) is 4.92. The Morgan fingerprint density at radius 1 is 1.27 bits per heavy atom. The van der Waals surface area contributed by atoms with Crippen molar-refractivity contribution >= 4 is 5.91 Å². The van der Waals surface area contributed by atoms with Crippen LogP contribution in [-0.2, 0) is 11.2 Å². The monoisotopic (exact) mass is 302 g/mol. The predicted molar refractivity (Wildman–Crippen MR) is 86.5 cm³/mol. The highest BCUT2D eigenvalue weighted by Crippen LogP contribution is 2.35. The van der Waals surface area contributed by atoms with Crippen LogP contribution in [0.15, 0.2) is 24.3 Å². The van der Waals surface area contributed by atoms with E-state index < -0.39 is 0 Å². The number of benzene rings is 1. The second-order valence-electron chi connectivity index (χ2n) is 6.67. The van der Waals surface area contributed by atoms with Gasteiger partial charge in [-0.05, 0) is 42.7 Å². The normalized spacial score (nSPS) is 20.2. The number of carbonyl (C=O) groups is 1. The summed E-state index contributed by atoms with van der Waals surface area (Å²) in [6.07, 6.45) is 4.62. The number of amides is 1. The van der Waals surface area contributed by atoms with Crippen LogP contribution >= 0.6 is 0 Å². The molecule has 3 rings (SSSR count). The fraction of sp³-hybridized carbons (Fsp3) is 0.611. The first kappa shape index (κ1) is 15.5. The Bertz CT molecular complexity index is 528. The van der Waals surface area contributed by atoms with Gasteiger partial charge in [-0.15, -0.1) is 0 Å². The number of aliphatic hydroxyl groups excluding tert-OH is 1. The molecular weight excluding hydrogens is 276 g/mol. The molecule has 120 valence electrons. The summed E-state index contributed by atoms with van der Waals surface area (Å²) >= 11 is 0. The van der Waals surface area contributed by atoms with Crippen molar-refractivity contribution in [2.75, 3.05) is 33.3 Å². The summed E-state index contributed by atoms with van der Waals surface area (Å²) in [5.41, 5.74) is 2.71. The molecule has 1 N–H and O–H groups in total. The molecule has 1 fully saturated rings. The topological polar surface area (TPSA) is 43.8 Å². The molecule has 1 unspecified atom stereocenters. The van der Waals surface area contributed by atoms with Crippen LogP contribution in [0.2, 0.25) is 0 Å². The van der Waals surface area contributed by atoms with Gasteiger partial charge in [0.25, 0.3) is 0 Å². The van der Waals surface area contributed by atoms with Gasteiger partial charge in [0.1, 0.15) is 0 Å². The molecule has 0 aliphatic heterocycles. The Balaban J connectivity index is 1.66. The van der Waals surface area contributed by atoms with Gasteiger partial charge >= 0.3 is 0 Å². The number of fused-ring (bicyclic) bond motifs is 1. The van der Waals surface area contributed by atoms with Crippen LogP contribution in [0.25, 0.3) is 0 Å². The lowest BCUT2D eigenvalue weighted by molar-refractivity contribution is -0.132. The highest BCUT2D eigenvalue weighted by atomic mass is 16.3. The molecule has 1 amide bonds. The van der Waals surface area contributed by atoms with Gasteiger partial charge in [-0.25, -0.2) is 0 Å². The van der Waals surface area contributed by atoms with E-state index in [-0.39, 0.29) is 18.6 Å². The molecule has 2 aliphatic carbocycles. The van der Waals surface area contributed by atoms with Crippen LogP contribution in [-0.4, -0.2) is 54.1 Å². The molecule has 0 heterocycles. The minimum absolute atomic E-state index is 0.0955. The molecule has 4 nitrogen and oxygen atoms in total. The third-order valence-corrected chi connectivity index (χ3v) is 4.92. The zero-order valence-electron chi connectivity index (χ0n) is 13.4. The Morgan fingerprint density at radius 2 is 2.05 bits per heavy atom. The van der Waals surface area contributed by atoms with E-state index >= 15 is 0 Å². The van der Waals surface area contributed by atoms with E-state index in [0.717, 1.165) is 19.4 Å². The number of rotatable bonds is 7. The van der Waals surface area contributed by atoms with Crippen molar-refractivity contribution in [1.82, 2.24) is 9.80 Å². The first-order chi connectivity index (χ1) is 10.7.